The van der Waals surface area contributed by atoms with Crippen molar-refractivity contribution in [3.63, 3.8) is 0 Å². The minimum atomic E-state index is 0.103. The van der Waals surface area contributed by atoms with Crippen molar-refractivity contribution in [2.75, 3.05) is 31.1 Å². The Hall–Kier alpha value is -2.66. The topological polar surface area (TPSA) is 37.7 Å². The fraction of sp³-hybridized carbons (Fsp3) is 0.348. The quantitative estimate of drug-likeness (QED) is 0.642. The molecule has 3 heterocycles. The lowest BCUT2D eigenvalue weighted by Crippen LogP contribution is -2.49. The van der Waals surface area contributed by atoms with Crippen LogP contribution in [0.3, 0.4) is 0 Å². The molecule has 1 aromatic heterocycles. The maximum Gasteiger partial charge on any atom is 0.270 e. The van der Waals surface area contributed by atoms with E-state index in [4.69, 9.17) is 16.3 Å². The number of hydrogen-bond acceptors (Lipinski definition) is 3. The molecule has 0 spiro atoms. The number of aromatic nitrogens is 1. The van der Waals surface area contributed by atoms with Crippen LogP contribution in [0.1, 0.15) is 23.8 Å². The van der Waals surface area contributed by atoms with E-state index in [-0.39, 0.29) is 12.0 Å². The molecule has 1 atom stereocenters. The Bertz CT molecular complexity index is 1070. The number of carbonyl (C=O) groups excluding carboxylic acids is 1. The molecule has 1 unspecified atom stereocenters. The van der Waals surface area contributed by atoms with Gasteiger partial charge in [-0.1, -0.05) is 36.7 Å². The minimum Gasteiger partial charge on any atom is -0.486 e. The molecule has 150 valence electrons. The van der Waals surface area contributed by atoms with E-state index < -0.39 is 0 Å². The number of benzene rings is 2. The van der Waals surface area contributed by atoms with Crippen LogP contribution in [0.5, 0.6) is 5.75 Å². The Morgan fingerprint density at radius 2 is 1.90 bits per heavy atom. The van der Waals surface area contributed by atoms with Gasteiger partial charge in [0.2, 0.25) is 0 Å². The summed E-state index contributed by atoms with van der Waals surface area (Å²) in [6, 6.07) is 16.0. The van der Waals surface area contributed by atoms with Gasteiger partial charge in [0.05, 0.1) is 12.1 Å². The average Bonchev–Trinajstić information content (AvgIpc) is 3.13. The van der Waals surface area contributed by atoms with Crippen LogP contribution in [0.15, 0.2) is 48.5 Å². The van der Waals surface area contributed by atoms with E-state index in [0.29, 0.717) is 13.1 Å². The standard InChI is InChI=1S/C23H24ClN3O2/c1-2-19-15-27-20(13-16-5-3-8-21(29-19)22(16)27)23(28)26-11-9-25(10-12-26)18-7-4-6-17(24)14-18/h3-8,13-14,19H,2,9-12,15H2,1H3. The lowest BCUT2D eigenvalue weighted by Gasteiger charge is -2.36. The predicted octanol–water partition coefficient (Wildman–Crippen LogP) is 4.43. The second kappa shape index (κ2) is 7.30. The van der Waals surface area contributed by atoms with Crippen LogP contribution in [0.2, 0.25) is 5.02 Å². The Kier molecular flexibility index (Phi) is 4.63. The van der Waals surface area contributed by atoms with Crippen LogP contribution in [0.4, 0.5) is 5.69 Å². The van der Waals surface area contributed by atoms with Crippen molar-refractivity contribution < 1.29 is 9.53 Å². The van der Waals surface area contributed by atoms with E-state index in [2.05, 4.69) is 28.5 Å². The van der Waals surface area contributed by atoms with Gasteiger partial charge in [0.25, 0.3) is 5.91 Å². The van der Waals surface area contributed by atoms with Crippen molar-refractivity contribution in [3.8, 4) is 5.75 Å². The molecule has 2 aromatic carbocycles. The molecule has 6 heteroatoms. The fourth-order valence-electron chi connectivity index (χ4n) is 4.39. The summed E-state index contributed by atoms with van der Waals surface area (Å²) in [7, 11) is 0. The first-order valence-corrected chi connectivity index (χ1v) is 10.6. The molecule has 0 saturated carbocycles. The molecule has 0 radical (unpaired) electrons. The summed E-state index contributed by atoms with van der Waals surface area (Å²) in [5, 5.41) is 1.81. The molecule has 5 nitrogen and oxygen atoms in total. The summed E-state index contributed by atoms with van der Waals surface area (Å²) in [5.41, 5.74) is 2.92. The van der Waals surface area contributed by atoms with E-state index in [0.717, 1.165) is 59.1 Å². The van der Waals surface area contributed by atoms with Crippen molar-refractivity contribution in [1.29, 1.82) is 0 Å². The van der Waals surface area contributed by atoms with Crippen molar-refractivity contribution in [2.24, 2.45) is 0 Å². The van der Waals surface area contributed by atoms with Crippen LogP contribution >= 0.6 is 11.6 Å². The third-order valence-electron chi connectivity index (χ3n) is 5.98. The molecule has 2 aliphatic heterocycles. The molecule has 1 saturated heterocycles. The maximum atomic E-state index is 13.4. The molecule has 2 aliphatic rings. The Balaban J connectivity index is 1.38. The lowest BCUT2D eigenvalue weighted by molar-refractivity contribution is 0.0730. The number of ether oxygens (including phenoxy) is 1. The summed E-state index contributed by atoms with van der Waals surface area (Å²) in [5.74, 6) is 0.986. The molecule has 29 heavy (non-hydrogen) atoms. The van der Waals surface area contributed by atoms with Gasteiger partial charge >= 0.3 is 0 Å². The van der Waals surface area contributed by atoms with Gasteiger partial charge in [-0.3, -0.25) is 4.79 Å². The Morgan fingerprint density at radius 1 is 1.10 bits per heavy atom. The van der Waals surface area contributed by atoms with Gasteiger partial charge in [-0.15, -0.1) is 0 Å². The van der Waals surface area contributed by atoms with Gasteiger partial charge in [-0.25, -0.2) is 0 Å². The number of hydrogen-bond donors (Lipinski definition) is 0. The highest BCUT2D eigenvalue weighted by molar-refractivity contribution is 6.30. The van der Waals surface area contributed by atoms with E-state index in [9.17, 15) is 4.79 Å². The predicted molar refractivity (Wildman–Crippen MR) is 116 cm³/mol. The number of rotatable bonds is 3. The zero-order valence-corrected chi connectivity index (χ0v) is 17.2. The third-order valence-corrected chi connectivity index (χ3v) is 6.21. The highest BCUT2D eigenvalue weighted by Crippen LogP contribution is 2.34. The first-order chi connectivity index (χ1) is 14.1. The number of piperazine rings is 1. The second-order valence-corrected chi connectivity index (χ2v) is 8.18. The molecule has 0 bridgehead atoms. The molecule has 1 amide bonds. The van der Waals surface area contributed by atoms with Crippen LogP contribution in [0, 0.1) is 0 Å². The maximum absolute atomic E-state index is 13.4. The van der Waals surface area contributed by atoms with Crippen LogP contribution in [0.25, 0.3) is 10.9 Å². The van der Waals surface area contributed by atoms with Crippen molar-refractivity contribution in [3.05, 3.63) is 59.2 Å². The van der Waals surface area contributed by atoms with E-state index >= 15 is 0 Å². The number of halogens is 1. The zero-order valence-electron chi connectivity index (χ0n) is 16.5. The average molecular weight is 410 g/mol. The smallest absolute Gasteiger partial charge is 0.270 e. The van der Waals surface area contributed by atoms with Crippen LogP contribution < -0.4 is 9.64 Å². The summed E-state index contributed by atoms with van der Waals surface area (Å²) in [4.78, 5) is 17.7. The molecule has 0 N–H and O–H groups in total. The van der Waals surface area contributed by atoms with Crippen molar-refractivity contribution >= 4 is 34.1 Å². The Morgan fingerprint density at radius 3 is 2.66 bits per heavy atom. The van der Waals surface area contributed by atoms with Gasteiger partial charge in [0.15, 0.2) is 0 Å². The van der Waals surface area contributed by atoms with Crippen LogP contribution in [-0.4, -0.2) is 47.7 Å². The number of amides is 1. The number of anilines is 1. The lowest BCUT2D eigenvalue weighted by atomic mass is 10.2. The van der Waals surface area contributed by atoms with Gasteiger partial charge in [0.1, 0.15) is 17.5 Å². The number of carbonyl (C=O) groups is 1. The largest absolute Gasteiger partial charge is 0.486 e. The molecule has 0 aliphatic carbocycles. The van der Waals surface area contributed by atoms with Crippen LogP contribution in [-0.2, 0) is 6.54 Å². The summed E-state index contributed by atoms with van der Waals surface area (Å²) in [6.45, 7) is 5.85. The van der Waals surface area contributed by atoms with Gasteiger partial charge < -0.3 is 19.1 Å². The van der Waals surface area contributed by atoms with Crippen molar-refractivity contribution in [2.45, 2.75) is 26.0 Å². The fourth-order valence-corrected chi connectivity index (χ4v) is 4.57. The molecular weight excluding hydrogens is 386 g/mol. The molecule has 3 aromatic rings. The molecule has 5 rings (SSSR count). The zero-order chi connectivity index (χ0) is 20.0. The highest BCUT2D eigenvalue weighted by Gasteiger charge is 2.29. The monoisotopic (exact) mass is 409 g/mol. The second-order valence-electron chi connectivity index (χ2n) is 7.74. The first-order valence-electron chi connectivity index (χ1n) is 10.2. The Labute approximate surface area is 175 Å². The molecular formula is C23H24ClN3O2. The first kappa shape index (κ1) is 18.4. The summed E-state index contributed by atoms with van der Waals surface area (Å²) in [6.07, 6.45) is 1.02. The molecule has 1 fully saturated rings. The number of para-hydroxylation sites is 1. The SMILES string of the molecule is CCC1Cn2c(C(=O)N3CCN(c4cccc(Cl)c4)CC3)cc3cccc(c32)O1. The van der Waals surface area contributed by atoms with E-state index in [1.165, 1.54) is 0 Å². The highest BCUT2D eigenvalue weighted by atomic mass is 35.5. The third kappa shape index (κ3) is 3.23. The summed E-state index contributed by atoms with van der Waals surface area (Å²) < 4.78 is 8.26. The summed E-state index contributed by atoms with van der Waals surface area (Å²) >= 11 is 6.13. The van der Waals surface area contributed by atoms with Gasteiger partial charge in [0, 0.05) is 42.3 Å². The van der Waals surface area contributed by atoms with Gasteiger partial charge in [-0.05, 0) is 36.8 Å². The minimum absolute atomic E-state index is 0.103. The van der Waals surface area contributed by atoms with Crippen molar-refractivity contribution in [1.82, 2.24) is 9.47 Å². The number of nitrogens with zero attached hydrogens (tertiary/aromatic N) is 3. The van der Waals surface area contributed by atoms with E-state index in [1.54, 1.807) is 0 Å². The van der Waals surface area contributed by atoms with E-state index in [1.807, 2.05) is 41.3 Å². The normalized spacial score (nSPS) is 18.8. The van der Waals surface area contributed by atoms with Gasteiger partial charge in [-0.2, -0.15) is 0 Å².